The predicted octanol–water partition coefficient (Wildman–Crippen LogP) is 3.08. The van der Waals surface area contributed by atoms with Gasteiger partial charge >= 0.3 is 0 Å². The van der Waals surface area contributed by atoms with Crippen LogP contribution in [0.4, 0.5) is 0 Å². The first-order valence-electron chi connectivity index (χ1n) is 6.57. The molecule has 0 fully saturated rings. The summed E-state index contributed by atoms with van der Waals surface area (Å²) >= 11 is 2.51. The van der Waals surface area contributed by atoms with Crippen LogP contribution >= 0.6 is 22.7 Å². The molecule has 116 valence electrons. The maximum Gasteiger partial charge on any atom is 0.294 e. The van der Waals surface area contributed by atoms with Gasteiger partial charge in [-0.3, -0.25) is 0 Å². The number of hydrogen-bond acceptors (Lipinski definition) is 5. The van der Waals surface area contributed by atoms with Crippen LogP contribution in [0.25, 0.3) is 10.2 Å². The molecule has 0 radical (unpaired) electrons. The highest BCUT2D eigenvalue weighted by Gasteiger charge is 2.16. The number of aromatic nitrogens is 1. The molecule has 8 heteroatoms. The molecule has 0 bridgehead atoms. The number of para-hydroxylation sites is 1. The summed E-state index contributed by atoms with van der Waals surface area (Å²) in [6.07, 6.45) is 0. The van der Waals surface area contributed by atoms with Crippen molar-refractivity contribution in [2.24, 2.45) is 4.40 Å². The second-order valence-electron chi connectivity index (χ2n) is 4.43. The number of rotatable bonds is 4. The Labute approximate surface area is 136 Å². The van der Waals surface area contributed by atoms with Crippen LogP contribution in [0.5, 0.6) is 5.75 Å². The maximum absolute atomic E-state index is 12.4. The molecule has 22 heavy (non-hydrogen) atoms. The fourth-order valence-electron chi connectivity index (χ4n) is 2.18. The number of aryl methyl sites for hydroxylation is 1. The van der Waals surface area contributed by atoms with Crippen LogP contribution in [-0.2, 0) is 16.6 Å². The standard InChI is InChI=1S/C14H14N2O3S3/c1-3-16-13-10(19-2)6-4-7-11(13)21-14(16)15-22(17,18)12-8-5-9-20-12/h4-9H,3H2,1-2H3. The number of nitrogens with zero attached hydrogens (tertiary/aromatic N) is 2. The third-order valence-electron chi connectivity index (χ3n) is 3.15. The summed E-state index contributed by atoms with van der Waals surface area (Å²) in [5.74, 6) is 0.713. The molecular formula is C14H14N2O3S3. The van der Waals surface area contributed by atoms with Gasteiger partial charge in [-0.05, 0) is 30.5 Å². The van der Waals surface area contributed by atoms with Crippen molar-refractivity contribution in [2.75, 3.05) is 7.11 Å². The van der Waals surface area contributed by atoms with Gasteiger partial charge in [0.2, 0.25) is 4.80 Å². The van der Waals surface area contributed by atoms with E-state index in [1.807, 2.05) is 29.7 Å². The van der Waals surface area contributed by atoms with E-state index in [0.717, 1.165) is 10.2 Å². The molecule has 0 unspecified atom stereocenters. The number of fused-ring (bicyclic) bond motifs is 1. The lowest BCUT2D eigenvalue weighted by atomic mass is 10.3. The zero-order valence-electron chi connectivity index (χ0n) is 12.0. The molecule has 1 aromatic carbocycles. The van der Waals surface area contributed by atoms with E-state index in [1.54, 1.807) is 24.6 Å². The number of ether oxygens (including phenoxy) is 1. The summed E-state index contributed by atoms with van der Waals surface area (Å²) in [7, 11) is -2.07. The van der Waals surface area contributed by atoms with Gasteiger partial charge in [-0.2, -0.15) is 8.42 Å². The van der Waals surface area contributed by atoms with Gasteiger partial charge in [0.25, 0.3) is 10.0 Å². The van der Waals surface area contributed by atoms with Gasteiger partial charge < -0.3 is 9.30 Å². The molecule has 0 spiro atoms. The first-order valence-corrected chi connectivity index (χ1v) is 9.71. The largest absolute Gasteiger partial charge is 0.495 e. The zero-order valence-corrected chi connectivity index (χ0v) is 14.5. The third-order valence-corrected chi connectivity index (χ3v) is 6.95. The lowest BCUT2D eigenvalue weighted by molar-refractivity contribution is 0.417. The molecule has 0 N–H and O–H groups in total. The third kappa shape index (κ3) is 2.57. The van der Waals surface area contributed by atoms with E-state index in [1.165, 1.54) is 22.7 Å². The Morgan fingerprint density at radius 3 is 2.73 bits per heavy atom. The lowest BCUT2D eigenvalue weighted by Crippen LogP contribution is -2.16. The van der Waals surface area contributed by atoms with Crippen LogP contribution in [0, 0.1) is 0 Å². The Bertz CT molecular complexity index is 967. The van der Waals surface area contributed by atoms with Crippen molar-refractivity contribution in [3.05, 3.63) is 40.5 Å². The van der Waals surface area contributed by atoms with Crippen molar-refractivity contribution >= 4 is 42.9 Å². The molecule has 0 aliphatic heterocycles. The van der Waals surface area contributed by atoms with E-state index in [-0.39, 0.29) is 4.21 Å². The SMILES string of the molecule is CCn1c(=NS(=O)(=O)c2cccs2)sc2cccc(OC)c21. The number of benzene rings is 1. The monoisotopic (exact) mass is 354 g/mol. The van der Waals surface area contributed by atoms with Gasteiger partial charge in [-0.15, -0.1) is 15.7 Å². The fourth-order valence-corrected chi connectivity index (χ4v) is 5.47. The van der Waals surface area contributed by atoms with E-state index in [2.05, 4.69) is 4.40 Å². The molecular weight excluding hydrogens is 340 g/mol. The molecule has 0 amide bonds. The first kappa shape index (κ1) is 15.3. The van der Waals surface area contributed by atoms with Crippen LogP contribution in [0.1, 0.15) is 6.92 Å². The van der Waals surface area contributed by atoms with E-state index in [4.69, 9.17) is 4.74 Å². The highest BCUT2D eigenvalue weighted by Crippen LogP contribution is 2.27. The zero-order chi connectivity index (χ0) is 15.7. The van der Waals surface area contributed by atoms with Crippen LogP contribution in [-0.4, -0.2) is 20.1 Å². The van der Waals surface area contributed by atoms with Gasteiger partial charge in [-0.25, -0.2) is 0 Å². The second-order valence-corrected chi connectivity index (χ2v) is 8.22. The fraction of sp³-hybridized carbons (Fsp3) is 0.214. The minimum Gasteiger partial charge on any atom is -0.495 e. The highest BCUT2D eigenvalue weighted by molar-refractivity contribution is 7.92. The van der Waals surface area contributed by atoms with Gasteiger partial charge in [0.15, 0.2) is 0 Å². The summed E-state index contributed by atoms with van der Waals surface area (Å²) in [5.41, 5.74) is 0.873. The summed E-state index contributed by atoms with van der Waals surface area (Å²) in [6.45, 7) is 2.56. The van der Waals surface area contributed by atoms with Crippen LogP contribution in [0.15, 0.2) is 44.3 Å². The van der Waals surface area contributed by atoms with Crippen molar-refractivity contribution in [1.82, 2.24) is 4.57 Å². The molecule has 0 aliphatic rings. The topological polar surface area (TPSA) is 60.7 Å². The van der Waals surface area contributed by atoms with E-state index >= 15 is 0 Å². The van der Waals surface area contributed by atoms with Crippen molar-refractivity contribution in [3.8, 4) is 5.75 Å². The second kappa shape index (κ2) is 5.86. The van der Waals surface area contributed by atoms with Crippen molar-refractivity contribution in [3.63, 3.8) is 0 Å². The first-order chi connectivity index (χ1) is 10.6. The summed E-state index contributed by atoms with van der Waals surface area (Å²) in [6, 6.07) is 8.95. The highest BCUT2D eigenvalue weighted by atomic mass is 32.2. The Balaban J connectivity index is 2.30. The molecule has 3 aromatic rings. The molecule has 2 aromatic heterocycles. The average molecular weight is 354 g/mol. The maximum atomic E-state index is 12.4. The molecule has 0 atom stereocenters. The molecule has 2 heterocycles. The van der Waals surface area contributed by atoms with E-state index < -0.39 is 10.0 Å². The Kier molecular flexibility index (Phi) is 4.07. The Hall–Kier alpha value is -1.64. The molecule has 3 rings (SSSR count). The van der Waals surface area contributed by atoms with Crippen LogP contribution in [0.3, 0.4) is 0 Å². The van der Waals surface area contributed by atoms with Crippen LogP contribution in [0.2, 0.25) is 0 Å². The predicted molar refractivity (Wildman–Crippen MR) is 89.1 cm³/mol. The van der Waals surface area contributed by atoms with Crippen LogP contribution < -0.4 is 9.54 Å². The summed E-state index contributed by atoms with van der Waals surface area (Å²) in [5, 5.41) is 1.73. The number of thiophene rings is 1. The quantitative estimate of drug-likeness (QED) is 0.723. The van der Waals surface area contributed by atoms with Gasteiger partial charge in [0, 0.05) is 6.54 Å². The average Bonchev–Trinajstić information content (AvgIpc) is 3.13. The smallest absolute Gasteiger partial charge is 0.294 e. The lowest BCUT2D eigenvalue weighted by Gasteiger charge is -2.05. The molecule has 0 saturated heterocycles. The number of hydrogen-bond donors (Lipinski definition) is 0. The van der Waals surface area contributed by atoms with Crippen molar-refractivity contribution < 1.29 is 13.2 Å². The minimum atomic E-state index is -3.68. The normalized spacial score (nSPS) is 12.9. The summed E-state index contributed by atoms with van der Waals surface area (Å²) < 4.78 is 37.2. The van der Waals surface area contributed by atoms with Gasteiger partial charge in [-0.1, -0.05) is 23.5 Å². The van der Waals surface area contributed by atoms with Gasteiger partial charge in [0.1, 0.15) is 15.5 Å². The molecule has 0 aliphatic carbocycles. The van der Waals surface area contributed by atoms with E-state index in [0.29, 0.717) is 17.1 Å². The number of methoxy groups -OCH3 is 1. The minimum absolute atomic E-state index is 0.250. The van der Waals surface area contributed by atoms with Crippen molar-refractivity contribution in [2.45, 2.75) is 17.7 Å². The Morgan fingerprint density at radius 2 is 2.09 bits per heavy atom. The Morgan fingerprint density at radius 1 is 1.27 bits per heavy atom. The van der Waals surface area contributed by atoms with Crippen molar-refractivity contribution in [1.29, 1.82) is 0 Å². The number of thiazole rings is 1. The van der Waals surface area contributed by atoms with E-state index in [9.17, 15) is 8.42 Å². The molecule has 0 saturated carbocycles. The van der Waals surface area contributed by atoms with Gasteiger partial charge in [0.05, 0.1) is 11.8 Å². The molecule has 5 nitrogen and oxygen atoms in total. The summed E-state index contributed by atoms with van der Waals surface area (Å²) in [4.78, 5) is 0.454. The number of sulfonamides is 1.